The van der Waals surface area contributed by atoms with Crippen LogP contribution >= 0.6 is 11.3 Å². The van der Waals surface area contributed by atoms with Crippen LogP contribution in [0.2, 0.25) is 0 Å². The molecular formula is C25H31NO7S. The molecule has 184 valence electrons. The van der Waals surface area contributed by atoms with Crippen LogP contribution < -0.4 is 14.8 Å². The highest BCUT2D eigenvalue weighted by molar-refractivity contribution is 7.18. The van der Waals surface area contributed by atoms with Gasteiger partial charge in [-0.25, -0.2) is 9.59 Å². The number of methoxy groups -OCH3 is 2. The molecular weight excluding hydrogens is 458 g/mol. The minimum absolute atomic E-state index is 0.00817. The van der Waals surface area contributed by atoms with E-state index in [1.54, 1.807) is 39.2 Å². The number of carbonyl (C=O) groups excluding carboxylic acids is 3. The van der Waals surface area contributed by atoms with E-state index in [4.69, 9.17) is 18.9 Å². The number of nitrogens with one attached hydrogen (secondary N) is 1. The number of thiophene rings is 1. The topological polar surface area (TPSA) is 100 Å². The maximum absolute atomic E-state index is 12.9. The van der Waals surface area contributed by atoms with E-state index in [0.717, 1.165) is 43.4 Å². The van der Waals surface area contributed by atoms with Gasteiger partial charge in [0.05, 0.1) is 32.8 Å². The van der Waals surface area contributed by atoms with E-state index in [-0.39, 0.29) is 35.6 Å². The SMILES string of the molecule is CCOC(=O)c1c(NC(=O)Cc2ccc(OC)cc2OC)sc(C(=O)OC2CCCCC2)c1C. The van der Waals surface area contributed by atoms with Gasteiger partial charge in [-0.15, -0.1) is 11.3 Å². The van der Waals surface area contributed by atoms with Gasteiger partial charge in [-0.1, -0.05) is 12.5 Å². The Morgan fingerprint density at radius 1 is 1.06 bits per heavy atom. The highest BCUT2D eigenvalue weighted by Gasteiger charge is 2.29. The minimum Gasteiger partial charge on any atom is -0.497 e. The molecule has 1 N–H and O–H groups in total. The Bertz CT molecular complexity index is 1040. The molecule has 1 heterocycles. The van der Waals surface area contributed by atoms with E-state index in [0.29, 0.717) is 27.5 Å². The molecule has 1 amide bonds. The van der Waals surface area contributed by atoms with Crippen LogP contribution in [-0.2, 0) is 20.7 Å². The Morgan fingerprint density at radius 3 is 2.44 bits per heavy atom. The van der Waals surface area contributed by atoms with Crippen LogP contribution in [0.15, 0.2) is 18.2 Å². The van der Waals surface area contributed by atoms with E-state index in [1.165, 1.54) is 7.11 Å². The Labute approximate surface area is 203 Å². The molecule has 1 aliphatic rings. The monoisotopic (exact) mass is 489 g/mol. The van der Waals surface area contributed by atoms with Crippen molar-refractivity contribution in [1.29, 1.82) is 0 Å². The highest BCUT2D eigenvalue weighted by atomic mass is 32.1. The third-order valence-electron chi connectivity index (χ3n) is 5.74. The lowest BCUT2D eigenvalue weighted by Gasteiger charge is -2.21. The summed E-state index contributed by atoms with van der Waals surface area (Å²) in [5.74, 6) is -0.301. The molecule has 1 aliphatic carbocycles. The number of benzene rings is 1. The predicted molar refractivity (Wildman–Crippen MR) is 129 cm³/mol. The molecule has 0 aliphatic heterocycles. The van der Waals surface area contributed by atoms with Crippen molar-refractivity contribution in [2.75, 3.05) is 26.1 Å². The first-order valence-corrected chi connectivity index (χ1v) is 12.2. The minimum atomic E-state index is -0.592. The van der Waals surface area contributed by atoms with E-state index in [1.807, 2.05) is 0 Å². The van der Waals surface area contributed by atoms with E-state index >= 15 is 0 Å². The second-order valence-electron chi connectivity index (χ2n) is 8.05. The zero-order valence-corrected chi connectivity index (χ0v) is 20.8. The van der Waals surface area contributed by atoms with Gasteiger partial charge in [0.15, 0.2) is 0 Å². The first kappa shape index (κ1) is 25.6. The largest absolute Gasteiger partial charge is 0.497 e. The second-order valence-corrected chi connectivity index (χ2v) is 9.07. The van der Waals surface area contributed by atoms with Gasteiger partial charge in [-0.05, 0) is 51.2 Å². The molecule has 3 rings (SSSR count). The van der Waals surface area contributed by atoms with E-state index in [9.17, 15) is 14.4 Å². The summed E-state index contributed by atoms with van der Waals surface area (Å²) in [7, 11) is 3.07. The highest BCUT2D eigenvalue weighted by Crippen LogP contribution is 2.35. The molecule has 0 saturated heterocycles. The third kappa shape index (κ3) is 6.08. The summed E-state index contributed by atoms with van der Waals surface area (Å²) in [5, 5.41) is 3.05. The molecule has 0 atom stereocenters. The molecule has 2 aromatic rings. The quantitative estimate of drug-likeness (QED) is 0.499. The Hall–Kier alpha value is -3.07. The molecule has 1 saturated carbocycles. The van der Waals surface area contributed by atoms with Crippen molar-refractivity contribution in [1.82, 2.24) is 0 Å². The summed E-state index contributed by atoms with van der Waals surface area (Å²) in [5.41, 5.74) is 1.28. The summed E-state index contributed by atoms with van der Waals surface area (Å²) in [4.78, 5) is 38.7. The van der Waals surface area contributed by atoms with E-state index < -0.39 is 11.9 Å². The van der Waals surface area contributed by atoms with Crippen LogP contribution in [0.25, 0.3) is 0 Å². The molecule has 0 unspecified atom stereocenters. The van der Waals surface area contributed by atoms with Gasteiger partial charge in [-0.2, -0.15) is 0 Å². The van der Waals surface area contributed by atoms with Gasteiger partial charge in [0.2, 0.25) is 5.91 Å². The number of anilines is 1. The maximum atomic E-state index is 12.9. The molecule has 9 heteroatoms. The average molecular weight is 490 g/mol. The summed E-state index contributed by atoms with van der Waals surface area (Å²) in [6, 6.07) is 5.18. The Kier molecular flexibility index (Phi) is 8.92. The van der Waals surface area contributed by atoms with Gasteiger partial charge < -0.3 is 24.3 Å². The van der Waals surface area contributed by atoms with Crippen molar-refractivity contribution < 1.29 is 33.3 Å². The lowest BCUT2D eigenvalue weighted by atomic mass is 9.98. The van der Waals surface area contributed by atoms with Crippen molar-refractivity contribution in [3.63, 3.8) is 0 Å². The fourth-order valence-corrected chi connectivity index (χ4v) is 5.07. The van der Waals surface area contributed by atoms with Crippen molar-refractivity contribution in [3.05, 3.63) is 39.8 Å². The summed E-state index contributed by atoms with van der Waals surface area (Å²) < 4.78 is 21.4. The van der Waals surface area contributed by atoms with Crippen LogP contribution in [0.5, 0.6) is 11.5 Å². The fourth-order valence-electron chi connectivity index (χ4n) is 3.97. The molecule has 0 bridgehead atoms. The van der Waals surface area contributed by atoms with Crippen LogP contribution in [0.1, 0.15) is 70.2 Å². The maximum Gasteiger partial charge on any atom is 0.348 e. The van der Waals surface area contributed by atoms with E-state index in [2.05, 4.69) is 5.32 Å². The van der Waals surface area contributed by atoms with Gasteiger partial charge in [0.25, 0.3) is 0 Å². The average Bonchev–Trinajstić information content (AvgIpc) is 3.15. The number of ether oxygens (including phenoxy) is 4. The number of amides is 1. The molecule has 0 spiro atoms. The van der Waals surface area contributed by atoms with Crippen molar-refractivity contribution in [2.24, 2.45) is 0 Å². The van der Waals surface area contributed by atoms with Crippen molar-refractivity contribution in [3.8, 4) is 11.5 Å². The summed E-state index contributed by atoms with van der Waals surface area (Å²) >= 11 is 1.03. The zero-order chi connectivity index (χ0) is 24.7. The lowest BCUT2D eigenvalue weighted by molar-refractivity contribution is -0.115. The Morgan fingerprint density at radius 2 is 1.79 bits per heavy atom. The van der Waals surface area contributed by atoms with Gasteiger partial charge in [0, 0.05) is 11.6 Å². The van der Waals surface area contributed by atoms with Crippen molar-refractivity contribution >= 4 is 34.2 Å². The molecule has 0 radical (unpaired) electrons. The molecule has 1 aromatic carbocycles. The van der Waals surface area contributed by atoms with Crippen LogP contribution in [-0.4, -0.2) is 44.8 Å². The normalized spacial score (nSPS) is 13.8. The van der Waals surface area contributed by atoms with Crippen LogP contribution in [0.3, 0.4) is 0 Å². The van der Waals surface area contributed by atoms with Gasteiger partial charge in [0.1, 0.15) is 27.5 Å². The van der Waals surface area contributed by atoms with Gasteiger partial charge in [-0.3, -0.25) is 4.79 Å². The number of carbonyl (C=O) groups is 3. The first-order valence-electron chi connectivity index (χ1n) is 11.4. The lowest BCUT2D eigenvalue weighted by Crippen LogP contribution is -2.21. The molecule has 1 fully saturated rings. The van der Waals surface area contributed by atoms with Crippen LogP contribution in [0.4, 0.5) is 5.00 Å². The summed E-state index contributed by atoms with van der Waals surface area (Å²) in [6.45, 7) is 3.54. The van der Waals surface area contributed by atoms with Crippen molar-refractivity contribution in [2.45, 2.75) is 58.5 Å². The fraction of sp³-hybridized carbons (Fsp3) is 0.480. The number of esters is 2. The number of hydrogen-bond donors (Lipinski definition) is 1. The molecule has 8 nitrogen and oxygen atoms in total. The second kappa shape index (κ2) is 11.9. The molecule has 34 heavy (non-hydrogen) atoms. The smallest absolute Gasteiger partial charge is 0.348 e. The standard InChI is InChI=1S/C25H31NO7S/c1-5-32-24(28)21-15(2)22(25(29)33-17-9-7-6-8-10-17)34-23(21)26-20(27)13-16-11-12-18(30-3)14-19(16)31-4/h11-12,14,17H,5-10,13H2,1-4H3,(H,26,27). The molecule has 1 aromatic heterocycles. The summed E-state index contributed by atoms with van der Waals surface area (Å²) in [6.07, 6.45) is 4.79. The predicted octanol–water partition coefficient (Wildman–Crippen LogP) is 4.92. The number of rotatable bonds is 9. The first-order chi connectivity index (χ1) is 16.4. The number of hydrogen-bond acceptors (Lipinski definition) is 8. The zero-order valence-electron chi connectivity index (χ0n) is 20.0. The third-order valence-corrected chi connectivity index (χ3v) is 6.92. The Balaban J connectivity index is 1.83. The van der Waals surface area contributed by atoms with Crippen LogP contribution in [0, 0.1) is 6.92 Å². The van der Waals surface area contributed by atoms with Gasteiger partial charge >= 0.3 is 11.9 Å².